The Hall–Kier alpha value is -3.59. The molecular weight excluding hydrogens is 360 g/mol. The zero-order valence-corrected chi connectivity index (χ0v) is 15.9. The number of fused-ring (bicyclic) bond motifs is 3. The SMILES string of the molecule is O=C(/C=C/c1c2ccccc2cc2ccccc12)c1ccc2c(c1)OCCCO2. The van der Waals surface area contributed by atoms with Crippen LogP contribution < -0.4 is 9.47 Å². The molecule has 0 atom stereocenters. The Morgan fingerprint density at radius 3 is 2.14 bits per heavy atom. The van der Waals surface area contributed by atoms with Crippen LogP contribution in [0.3, 0.4) is 0 Å². The van der Waals surface area contributed by atoms with E-state index in [1.54, 1.807) is 18.2 Å². The summed E-state index contributed by atoms with van der Waals surface area (Å²) >= 11 is 0. The van der Waals surface area contributed by atoms with Crippen molar-refractivity contribution in [1.29, 1.82) is 0 Å². The van der Waals surface area contributed by atoms with Crippen molar-refractivity contribution in [2.45, 2.75) is 6.42 Å². The molecule has 0 N–H and O–H groups in total. The predicted molar refractivity (Wildman–Crippen MR) is 117 cm³/mol. The molecule has 4 aromatic rings. The van der Waals surface area contributed by atoms with Crippen molar-refractivity contribution >= 4 is 33.4 Å². The minimum absolute atomic E-state index is 0.0577. The molecule has 142 valence electrons. The van der Waals surface area contributed by atoms with Gasteiger partial charge in [0.05, 0.1) is 13.2 Å². The van der Waals surface area contributed by atoms with Crippen molar-refractivity contribution in [3.8, 4) is 11.5 Å². The maximum absolute atomic E-state index is 12.9. The van der Waals surface area contributed by atoms with E-state index in [1.165, 1.54) is 0 Å². The zero-order chi connectivity index (χ0) is 19.6. The maximum atomic E-state index is 12.9. The van der Waals surface area contributed by atoms with Crippen LogP contribution in [0, 0.1) is 0 Å². The lowest BCUT2D eigenvalue weighted by Crippen LogP contribution is -1.98. The topological polar surface area (TPSA) is 35.5 Å². The lowest BCUT2D eigenvalue weighted by molar-refractivity contribution is 0.104. The first kappa shape index (κ1) is 17.5. The van der Waals surface area contributed by atoms with E-state index in [0.29, 0.717) is 30.3 Å². The number of hydrogen-bond acceptors (Lipinski definition) is 3. The summed E-state index contributed by atoms with van der Waals surface area (Å²) in [7, 11) is 0. The first-order valence-electron chi connectivity index (χ1n) is 9.82. The third-order valence-electron chi connectivity index (χ3n) is 5.25. The molecule has 1 heterocycles. The van der Waals surface area contributed by atoms with Crippen LogP contribution in [0.4, 0.5) is 0 Å². The van der Waals surface area contributed by atoms with Crippen LogP contribution >= 0.6 is 0 Å². The molecule has 0 radical (unpaired) electrons. The van der Waals surface area contributed by atoms with Gasteiger partial charge >= 0.3 is 0 Å². The van der Waals surface area contributed by atoms with Crippen molar-refractivity contribution in [2.24, 2.45) is 0 Å². The van der Waals surface area contributed by atoms with Gasteiger partial charge in [-0.15, -0.1) is 0 Å². The molecule has 1 aliphatic heterocycles. The predicted octanol–water partition coefficient (Wildman–Crippen LogP) is 6.05. The van der Waals surface area contributed by atoms with Crippen molar-refractivity contribution in [3.63, 3.8) is 0 Å². The number of benzene rings is 4. The normalized spacial score (nSPS) is 13.7. The number of hydrogen-bond donors (Lipinski definition) is 0. The molecule has 29 heavy (non-hydrogen) atoms. The Kier molecular flexibility index (Phi) is 4.49. The molecule has 3 heteroatoms. The fourth-order valence-electron chi connectivity index (χ4n) is 3.80. The van der Waals surface area contributed by atoms with Gasteiger partial charge in [-0.2, -0.15) is 0 Å². The fourth-order valence-corrected chi connectivity index (χ4v) is 3.80. The summed E-state index contributed by atoms with van der Waals surface area (Å²) in [6.07, 6.45) is 4.41. The molecule has 0 aliphatic carbocycles. The van der Waals surface area contributed by atoms with Gasteiger partial charge in [0.15, 0.2) is 17.3 Å². The molecule has 1 aliphatic rings. The Labute approximate surface area is 169 Å². The van der Waals surface area contributed by atoms with E-state index in [-0.39, 0.29) is 5.78 Å². The van der Waals surface area contributed by atoms with E-state index in [2.05, 4.69) is 30.3 Å². The lowest BCUT2D eigenvalue weighted by atomic mass is 9.96. The number of ketones is 1. The minimum atomic E-state index is -0.0577. The highest BCUT2D eigenvalue weighted by molar-refractivity contribution is 6.12. The second-order valence-corrected chi connectivity index (χ2v) is 7.14. The average Bonchev–Trinajstić information content (AvgIpc) is 3.01. The molecule has 0 amide bonds. The van der Waals surface area contributed by atoms with Crippen LogP contribution in [-0.2, 0) is 0 Å². The molecule has 5 rings (SSSR count). The minimum Gasteiger partial charge on any atom is -0.490 e. The van der Waals surface area contributed by atoms with Gasteiger partial charge in [-0.05, 0) is 63.5 Å². The third-order valence-corrected chi connectivity index (χ3v) is 5.25. The summed E-state index contributed by atoms with van der Waals surface area (Å²) in [5, 5.41) is 4.59. The number of allylic oxidation sites excluding steroid dienone is 1. The van der Waals surface area contributed by atoms with E-state index < -0.39 is 0 Å². The number of rotatable bonds is 3. The molecule has 0 aromatic heterocycles. The van der Waals surface area contributed by atoms with Crippen LogP contribution in [0.5, 0.6) is 11.5 Å². The van der Waals surface area contributed by atoms with E-state index in [0.717, 1.165) is 33.5 Å². The van der Waals surface area contributed by atoms with Gasteiger partial charge in [0.25, 0.3) is 0 Å². The highest BCUT2D eigenvalue weighted by atomic mass is 16.5. The van der Waals surface area contributed by atoms with Crippen molar-refractivity contribution in [2.75, 3.05) is 13.2 Å². The standard InChI is InChI=1S/C26H20O3/c27-24(20-10-13-25-26(17-20)29-15-5-14-28-25)12-11-23-21-8-3-1-6-18(21)16-19-7-2-4-9-22(19)23/h1-4,6-13,16-17H,5,14-15H2/b12-11+. The van der Waals surface area contributed by atoms with Crippen LogP contribution in [0.25, 0.3) is 27.6 Å². The Bertz CT molecular complexity index is 1200. The van der Waals surface area contributed by atoms with Gasteiger partial charge in [0.1, 0.15) is 0 Å². The quantitative estimate of drug-likeness (QED) is 0.247. The van der Waals surface area contributed by atoms with E-state index >= 15 is 0 Å². The van der Waals surface area contributed by atoms with Gasteiger partial charge in [-0.25, -0.2) is 0 Å². The van der Waals surface area contributed by atoms with Crippen LogP contribution in [-0.4, -0.2) is 19.0 Å². The summed E-state index contributed by atoms with van der Waals surface area (Å²) < 4.78 is 11.4. The van der Waals surface area contributed by atoms with Crippen molar-refractivity contribution in [3.05, 3.63) is 90.0 Å². The third kappa shape index (κ3) is 3.36. The monoisotopic (exact) mass is 380 g/mol. The molecule has 0 unspecified atom stereocenters. The maximum Gasteiger partial charge on any atom is 0.185 e. The van der Waals surface area contributed by atoms with Crippen molar-refractivity contribution < 1.29 is 14.3 Å². The van der Waals surface area contributed by atoms with Gasteiger partial charge in [-0.1, -0.05) is 48.5 Å². The molecular formula is C26H20O3. The second kappa shape index (κ2) is 7.44. The summed E-state index contributed by atoms with van der Waals surface area (Å²) in [5.41, 5.74) is 1.65. The van der Waals surface area contributed by atoms with Gasteiger partial charge in [0.2, 0.25) is 0 Å². The lowest BCUT2D eigenvalue weighted by Gasteiger charge is -2.09. The highest BCUT2D eigenvalue weighted by Crippen LogP contribution is 2.32. The molecule has 0 fully saturated rings. The Morgan fingerprint density at radius 2 is 1.41 bits per heavy atom. The van der Waals surface area contributed by atoms with Gasteiger partial charge < -0.3 is 9.47 Å². The Balaban J connectivity index is 1.55. The largest absolute Gasteiger partial charge is 0.490 e. The van der Waals surface area contributed by atoms with Gasteiger partial charge in [0, 0.05) is 12.0 Å². The first-order valence-corrected chi connectivity index (χ1v) is 9.82. The fraction of sp³-hybridized carbons (Fsp3) is 0.115. The number of carbonyl (C=O) groups excluding carboxylic acids is 1. The molecule has 0 saturated carbocycles. The second-order valence-electron chi connectivity index (χ2n) is 7.14. The molecule has 0 bridgehead atoms. The molecule has 0 spiro atoms. The smallest absolute Gasteiger partial charge is 0.185 e. The van der Waals surface area contributed by atoms with Crippen LogP contribution in [0.15, 0.2) is 78.9 Å². The molecule has 0 saturated heterocycles. The van der Waals surface area contributed by atoms with Gasteiger partial charge in [-0.3, -0.25) is 4.79 Å². The summed E-state index contributed by atoms with van der Waals surface area (Å²) in [6, 6.07) is 24.1. The van der Waals surface area contributed by atoms with E-state index in [1.807, 2.05) is 36.4 Å². The molecule has 4 aromatic carbocycles. The average molecular weight is 380 g/mol. The number of ether oxygens (including phenoxy) is 2. The van der Waals surface area contributed by atoms with Crippen LogP contribution in [0.1, 0.15) is 22.3 Å². The summed E-state index contributed by atoms with van der Waals surface area (Å²) in [6.45, 7) is 1.23. The summed E-state index contributed by atoms with van der Waals surface area (Å²) in [5.74, 6) is 1.28. The molecule has 3 nitrogen and oxygen atoms in total. The number of carbonyl (C=O) groups is 1. The first-order chi connectivity index (χ1) is 14.3. The van der Waals surface area contributed by atoms with E-state index in [9.17, 15) is 4.79 Å². The van der Waals surface area contributed by atoms with Crippen molar-refractivity contribution in [1.82, 2.24) is 0 Å². The highest BCUT2D eigenvalue weighted by Gasteiger charge is 2.13. The van der Waals surface area contributed by atoms with E-state index in [4.69, 9.17) is 9.47 Å². The Morgan fingerprint density at radius 1 is 0.759 bits per heavy atom. The van der Waals surface area contributed by atoms with Crippen LogP contribution in [0.2, 0.25) is 0 Å². The zero-order valence-electron chi connectivity index (χ0n) is 15.9. The summed E-state index contributed by atoms with van der Waals surface area (Å²) in [4.78, 5) is 12.9.